The summed E-state index contributed by atoms with van der Waals surface area (Å²) in [4.78, 5) is 19.1. The van der Waals surface area contributed by atoms with Crippen LogP contribution in [0.15, 0.2) is 90.0 Å². The maximum absolute atomic E-state index is 13.0. The fraction of sp³-hybridized carbons (Fsp3) is 0.241. The third-order valence-corrected chi connectivity index (χ3v) is 8.39. The van der Waals surface area contributed by atoms with E-state index in [1.54, 1.807) is 59.6 Å². The number of nitrogens with zero attached hydrogens (tertiary/aromatic N) is 2. The quantitative estimate of drug-likeness (QED) is 0.311. The van der Waals surface area contributed by atoms with Gasteiger partial charge in [0.15, 0.2) is 0 Å². The van der Waals surface area contributed by atoms with Gasteiger partial charge in [-0.15, -0.1) is 0 Å². The van der Waals surface area contributed by atoms with Gasteiger partial charge in [0, 0.05) is 35.9 Å². The lowest BCUT2D eigenvalue weighted by Gasteiger charge is -2.32. The van der Waals surface area contributed by atoms with E-state index in [0.717, 1.165) is 30.5 Å². The lowest BCUT2D eigenvalue weighted by molar-refractivity contribution is -0.137. The van der Waals surface area contributed by atoms with Gasteiger partial charge in [-0.3, -0.25) is 14.5 Å². The van der Waals surface area contributed by atoms with E-state index in [4.69, 9.17) is 0 Å². The Bertz CT molecular complexity index is 1580. The van der Waals surface area contributed by atoms with Gasteiger partial charge in [0.1, 0.15) is 4.90 Å². The van der Waals surface area contributed by atoms with Crippen molar-refractivity contribution in [1.82, 2.24) is 9.88 Å². The molecule has 10 heteroatoms. The highest BCUT2D eigenvalue weighted by atomic mass is 32.2. The van der Waals surface area contributed by atoms with E-state index in [-0.39, 0.29) is 16.7 Å². The smallest absolute Gasteiger partial charge is 0.339 e. The molecule has 0 bridgehead atoms. The van der Waals surface area contributed by atoms with Crippen LogP contribution in [0.1, 0.15) is 34.3 Å². The lowest BCUT2D eigenvalue weighted by Crippen LogP contribution is -2.38. The molecule has 3 aromatic carbocycles. The normalized spacial score (nSPS) is 14.9. The van der Waals surface area contributed by atoms with E-state index in [1.165, 1.54) is 18.2 Å². The van der Waals surface area contributed by atoms with Gasteiger partial charge in [0.2, 0.25) is 0 Å². The second kappa shape index (κ2) is 10.7. The number of pyridine rings is 1. The van der Waals surface area contributed by atoms with Crippen molar-refractivity contribution in [2.45, 2.75) is 30.3 Å². The van der Waals surface area contributed by atoms with Crippen molar-refractivity contribution in [3.8, 4) is 0 Å². The molecule has 1 fully saturated rings. The topological polar surface area (TPSA) is 79.4 Å². The highest BCUT2D eigenvalue weighted by Crippen LogP contribution is 2.30. The zero-order valence-electron chi connectivity index (χ0n) is 20.9. The maximum Gasteiger partial charge on any atom is 0.416 e. The minimum atomic E-state index is -4.35. The first-order valence-electron chi connectivity index (χ1n) is 12.5. The number of hydrogen-bond acceptors (Lipinski definition) is 4. The minimum absolute atomic E-state index is 0.0694. The minimum Gasteiger partial charge on any atom is -0.339 e. The second-order valence-corrected chi connectivity index (χ2v) is 11.3. The number of anilines is 1. The first kappa shape index (κ1) is 26.7. The van der Waals surface area contributed by atoms with Crippen LogP contribution < -0.4 is 4.72 Å². The van der Waals surface area contributed by atoms with E-state index >= 15 is 0 Å². The van der Waals surface area contributed by atoms with E-state index in [1.807, 2.05) is 0 Å². The van der Waals surface area contributed by atoms with Crippen LogP contribution >= 0.6 is 0 Å². The molecule has 0 unspecified atom stereocenters. The van der Waals surface area contributed by atoms with Crippen LogP contribution in [0, 0.1) is 5.92 Å². The van der Waals surface area contributed by atoms with Crippen molar-refractivity contribution in [3.05, 3.63) is 102 Å². The first-order valence-corrected chi connectivity index (χ1v) is 14.0. The monoisotopic (exact) mass is 553 g/mol. The van der Waals surface area contributed by atoms with Crippen molar-refractivity contribution < 1.29 is 26.4 Å². The largest absolute Gasteiger partial charge is 0.416 e. The number of aromatic nitrogens is 1. The van der Waals surface area contributed by atoms with Crippen molar-refractivity contribution in [1.29, 1.82) is 0 Å². The number of halogens is 3. The number of fused-ring (bicyclic) bond motifs is 1. The molecular weight excluding hydrogens is 527 g/mol. The Morgan fingerprint density at radius 1 is 0.923 bits per heavy atom. The highest BCUT2D eigenvalue weighted by Gasteiger charge is 2.30. The van der Waals surface area contributed by atoms with Gasteiger partial charge < -0.3 is 4.90 Å². The maximum atomic E-state index is 13.0. The summed E-state index contributed by atoms with van der Waals surface area (Å²) in [7, 11) is -3.90. The number of para-hydroxylation sites is 1. The van der Waals surface area contributed by atoms with E-state index in [2.05, 4.69) is 9.71 Å². The fourth-order valence-electron chi connectivity index (χ4n) is 4.87. The van der Waals surface area contributed by atoms with Gasteiger partial charge in [-0.25, -0.2) is 8.42 Å². The van der Waals surface area contributed by atoms with Crippen LogP contribution in [0.4, 0.5) is 18.9 Å². The Hall–Kier alpha value is -3.92. The predicted molar refractivity (Wildman–Crippen MR) is 143 cm³/mol. The Morgan fingerprint density at radius 3 is 2.26 bits per heavy atom. The summed E-state index contributed by atoms with van der Waals surface area (Å²) in [5, 5.41) is 0.712. The van der Waals surface area contributed by atoms with Crippen LogP contribution in [-0.4, -0.2) is 37.3 Å². The number of rotatable bonds is 6. The Balaban J connectivity index is 1.18. The molecule has 0 spiro atoms. The zero-order chi connectivity index (χ0) is 27.6. The molecule has 1 aliphatic rings. The molecule has 6 nitrogen and oxygen atoms in total. The molecule has 0 saturated carbocycles. The summed E-state index contributed by atoms with van der Waals surface area (Å²) in [5.74, 6) is 0.141. The van der Waals surface area contributed by atoms with Gasteiger partial charge in [0.05, 0.1) is 11.1 Å². The average Bonchev–Trinajstić information content (AvgIpc) is 2.93. The summed E-state index contributed by atoms with van der Waals surface area (Å²) in [5.41, 5.74) is 1.35. The summed E-state index contributed by atoms with van der Waals surface area (Å²) in [6, 6.07) is 20.0. The zero-order valence-corrected chi connectivity index (χ0v) is 21.7. The van der Waals surface area contributed by atoms with E-state index in [9.17, 15) is 26.4 Å². The Labute approximate surface area is 224 Å². The number of alkyl halides is 3. The number of carbonyl (C=O) groups is 1. The van der Waals surface area contributed by atoms with Crippen LogP contribution in [0.5, 0.6) is 0 Å². The molecule has 4 aromatic rings. The summed E-state index contributed by atoms with van der Waals surface area (Å²) < 4.78 is 67.0. The Morgan fingerprint density at radius 2 is 1.59 bits per heavy atom. The number of hydrogen-bond donors (Lipinski definition) is 1. The molecule has 0 aliphatic carbocycles. The summed E-state index contributed by atoms with van der Waals surface area (Å²) in [6.07, 6.45) is -0.630. The third-order valence-electron chi connectivity index (χ3n) is 6.98. The van der Waals surface area contributed by atoms with Crippen LogP contribution in [0.25, 0.3) is 10.9 Å². The summed E-state index contributed by atoms with van der Waals surface area (Å²) >= 11 is 0. The van der Waals surface area contributed by atoms with Crippen molar-refractivity contribution in [2.24, 2.45) is 5.92 Å². The van der Waals surface area contributed by atoms with Gasteiger partial charge in [0.25, 0.3) is 15.9 Å². The molecule has 1 amide bonds. The first-order chi connectivity index (χ1) is 18.6. The predicted octanol–water partition coefficient (Wildman–Crippen LogP) is 6.15. The number of nitrogens with one attached hydrogen (secondary N) is 1. The molecule has 1 aliphatic heterocycles. The summed E-state index contributed by atoms with van der Waals surface area (Å²) in [6.45, 7) is 1.10. The Kier molecular flexibility index (Phi) is 7.31. The standard InChI is InChI=1S/C29H26F3N3O3S/c30-29(31,32)24-10-6-20(7-11-24)19-21-14-17-35(18-15-21)28(36)23-8-12-25(13-9-23)34-39(37,38)26-5-1-3-22-4-2-16-33-27(22)26/h1-13,16,21,34H,14-15,17-19H2. The van der Waals surface area contributed by atoms with E-state index < -0.39 is 21.8 Å². The number of piperidine rings is 1. The molecule has 5 rings (SSSR count). The molecule has 1 aromatic heterocycles. The number of carbonyl (C=O) groups excluding carboxylic acids is 1. The third kappa shape index (κ3) is 6.06. The number of likely N-dealkylation sites (tertiary alicyclic amines) is 1. The van der Waals surface area contributed by atoms with Crippen molar-refractivity contribution >= 4 is 32.5 Å². The van der Waals surface area contributed by atoms with Crippen molar-refractivity contribution in [2.75, 3.05) is 17.8 Å². The molecule has 202 valence electrons. The number of amides is 1. The SMILES string of the molecule is O=C(c1ccc(NS(=O)(=O)c2cccc3cccnc23)cc1)N1CCC(Cc2ccc(C(F)(F)F)cc2)CC1. The molecule has 2 heterocycles. The molecule has 1 N–H and O–H groups in total. The van der Waals surface area contributed by atoms with Crippen molar-refractivity contribution in [3.63, 3.8) is 0 Å². The molecule has 0 atom stereocenters. The van der Waals surface area contributed by atoms with Gasteiger partial charge in [-0.05, 0) is 79.3 Å². The van der Waals surface area contributed by atoms with Gasteiger partial charge in [-0.1, -0.05) is 30.3 Å². The van der Waals surface area contributed by atoms with Gasteiger partial charge in [-0.2, -0.15) is 13.2 Å². The number of benzene rings is 3. The molecular formula is C29H26F3N3O3S. The average molecular weight is 554 g/mol. The lowest BCUT2D eigenvalue weighted by atomic mass is 9.89. The van der Waals surface area contributed by atoms with Crippen LogP contribution in [0.3, 0.4) is 0 Å². The molecule has 0 radical (unpaired) electrons. The van der Waals surface area contributed by atoms with Crippen LogP contribution in [0.2, 0.25) is 0 Å². The van der Waals surface area contributed by atoms with Crippen LogP contribution in [-0.2, 0) is 22.6 Å². The fourth-order valence-corrected chi connectivity index (χ4v) is 6.11. The molecule has 39 heavy (non-hydrogen) atoms. The highest BCUT2D eigenvalue weighted by molar-refractivity contribution is 7.93. The second-order valence-electron chi connectivity index (χ2n) is 9.65. The van der Waals surface area contributed by atoms with E-state index in [0.29, 0.717) is 41.7 Å². The number of sulfonamides is 1. The van der Waals surface area contributed by atoms with Gasteiger partial charge >= 0.3 is 6.18 Å². The molecule has 1 saturated heterocycles.